The van der Waals surface area contributed by atoms with Crippen molar-refractivity contribution >= 4 is 34.6 Å². The van der Waals surface area contributed by atoms with Crippen molar-refractivity contribution in [2.45, 2.75) is 38.0 Å². The second-order valence-corrected chi connectivity index (χ2v) is 10.3. The molecule has 0 saturated carbocycles. The summed E-state index contributed by atoms with van der Waals surface area (Å²) < 4.78 is 5.21. The third kappa shape index (κ3) is 10.1. The Morgan fingerprint density at radius 2 is 1.47 bits per heavy atom. The largest absolute Gasteiger partial charge is 0.548 e. The number of hydrogen-bond donors (Lipinski definition) is 2. The fraction of sp³-hybridized carbons (Fsp3) is 0.360. The molecular formula is C25H30N2O6S. The molecular weight excluding hydrogens is 456 g/mol. The molecule has 2 aromatic rings. The van der Waals surface area contributed by atoms with Gasteiger partial charge in [-0.2, -0.15) is 0 Å². The van der Waals surface area contributed by atoms with Gasteiger partial charge in [0.2, 0.25) is 5.91 Å². The van der Waals surface area contributed by atoms with E-state index in [1.807, 2.05) is 36.8 Å². The van der Waals surface area contributed by atoms with E-state index in [2.05, 4.69) is 10.6 Å². The molecule has 2 atom stereocenters. The van der Waals surface area contributed by atoms with Crippen LogP contribution < -0.4 is 15.7 Å². The third-order valence-corrected chi connectivity index (χ3v) is 5.77. The Hall–Kier alpha value is -3.33. The Labute approximate surface area is 202 Å². The first-order chi connectivity index (χ1) is 16.2. The maximum atomic E-state index is 12.9. The second kappa shape index (κ2) is 14.0. The van der Waals surface area contributed by atoms with Gasteiger partial charge in [-0.3, -0.25) is 9.59 Å². The number of benzene rings is 2. The van der Waals surface area contributed by atoms with Gasteiger partial charge in [-0.05, 0) is 28.4 Å². The minimum absolute atomic E-state index is 0.0139. The van der Waals surface area contributed by atoms with Gasteiger partial charge in [0.25, 0.3) is 0 Å². The number of rotatable bonds is 13. The van der Waals surface area contributed by atoms with Gasteiger partial charge in [0.1, 0.15) is 12.6 Å². The summed E-state index contributed by atoms with van der Waals surface area (Å²) in [5.41, 5.74) is 1.55. The molecule has 0 bridgehead atoms. The molecule has 0 aromatic heterocycles. The van der Waals surface area contributed by atoms with Crippen LogP contribution in [0.25, 0.3) is 0 Å². The van der Waals surface area contributed by atoms with E-state index in [0.717, 1.165) is 11.1 Å². The molecule has 0 radical (unpaired) electrons. The number of Topliss-reactive ketones (excluding diaryl/α,β-unsaturated/α-hetero) is 1. The van der Waals surface area contributed by atoms with Gasteiger partial charge in [0, 0.05) is 12.8 Å². The first kappa shape index (κ1) is 26.9. The molecule has 9 heteroatoms. The quantitative estimate of drug-likeness (QED) is 0.407. The second-order valence-electron chi connectivity index (χ2n) is 8.04. The monoisotopic (exact) mass is 486 g/mol. The number of aliphatic carboxylic acids is 1. The summed E-state index contributed by atoms with van der Waals surface area (Å²) in [6, 6.07) is 15.6. The summed E-state index contributed by atoms with van der Waals surface area (Å²) in [4.78, 5) is 48.9. The lowest BCUT2D eigenvalue weighted by Gasteiger charge is -2.24. The Bertz CT molecular complexity index is 952. The van der Waals surface area contributed by atoms with Crippen molar-refractivity contribution < 1.29 is 29.0 Å². The van der Waals surface area contributed by atoms with Gasteiger partial charge in [0.05, 0.1) is 24.5 Å². The maximum Gasteiger partial charge on any atom is 0.408 e. The minimum atomic E-state index is -1.49. The highest BCUT2D eigenvalue weighted by Gasteiger charge is 2.25. The van der Waals surface area contributed by atoms with E-state index in [4.69, 9.17) is 4.74 Å². The SMILES string of the molecule is C[S+](C)CC(=O)CCC(NC(=O)C(Cc1ccccc1)NC(=O)OCc1ccccc1)C(=O)[O-]. The number of carboxylic acids is 1. The number of ether oxygens (including phenoxy) is 1. The lowest BCUT2D eigenvalue weighted by molar-refractivity contribution is -0.308. The first-order valence-electron chi connectivity index (χ1n) is 10.8. The lowest BCUT2D eigenvalue weighted by Crippen LogP contribution is -2.55. The molecule has 2 rings (SSSR count). The number of alkyl carbamates (subject to hydrolysis) is 1. The Morgan fingerprint density at radius 1 is 0.882 bits per heavy atom. The first-order valence-corrected chi connectivity index (χ1v) is 13.0. The van der Waals surface area contributed by atoms with Gasteiger partial charge >= 0.3 is 6.09 Å². The van der Waals surface area contributed by atoms with Crippen molar-refractivity contribution in [2.75, 3.05) is 18.3 Å². The fourth-order valence-electron chi connectivity index (χ4n) is 3.19. The van der Waals surface area contributed by atoms with E-state index in [-0.39, 0.29) is 42.5 Å². The number of hydrogen-bond acceptors (Lipinski definition) is 6. The van der Waals surface area contributed by atoms with E-state index < -0.39 is 30.1 Å². The zero-order valence-corrected chi connectivity index (χ0v) is 20.1. The number of ketones is 1. The van der Waals surface area contributed by atoms with Gasteiger partial charge in [0.15, 0.2) is 11.5 Å². The van der Waals surface area contributed by atoms with E-state index >= 15 is 0 Å². The average molecular weight is 487 g/mol. The number of carbonyl (C=O) groups excluding carboxylic acids is 4. The standard InChI is InChI=1S/C25H30N2O6S/c1-34(2)17-20(28)13-14-21(24(30)31)26-23(29)22(15-18-9-5-3-6-10-18)27-25(32)33-16-19-11-7-4-8-12-19/h3-12,21-22H,13-17H2,1-2H3,(H2-,26,27,29,30,31,32). The lowest BCUT2D eigenvalue weighted by atomic mass is 10.0. The van der Waals surface area contributed by atoms with Crippen LogP contribution in [0.5, 0.6) is 0 Å². The highest BCUT2D eigenvalue weighted by molar-refractivity contribution is 7.96. The highest BCUT2D eigenvalue weighted by atomic mass is 32.2. The number of amides is 2. The van der Waals surface area contributed by atoms with Gasteiger partial charge in [-0.25, -0.2) is 4.79 Å². The summed E-state index contributed by atoms with van der Waals surface area (Å²) in [5.74, 6) is -1.90. The molecule has 2 N–H and O–H groups in total. The fourth-order valence-corrected chi connectivity index (χ4v) is 3.98. The summed E-state index contributed by atoms with van der Waals surface area (Å²) >= 11 is 0. The normalized spacial score (nSPS) is 12.4. The minimum Gasteiger partial charge on any atom is -0.548 e. The molecule has 0 aliphatic heterocycles. The predicted octanol–water partition coefficient (Wildman–Crippen LogP) is 0.986. The molecule has 182 valence electrons. The van der Waals surface area contributed by atoms with Crippen LogP contribution >= 0.6 is 0 Å². The summed E-state index contributed by atoms with van der Waals surface area (Å²) in [6.07, 6.45) is 3.10. The third-order valence-electron chi connectivity index (χ3n) is 4.87. The summed E-state index contributed by atoms with van der Waals surface area (Å²) in [7, 11) is -0.0959. The van der Waals surface area contributed by atoms with Crippen LogP contribution in [0.15, 0.2) is 60.7 Å². The topological polar surface area (TPSA) is 125 Å². The Morgan fingerprint density at radius 3 is 2.03 bits per heavy atom. The van der Waals surface area contributed by atoms with Crippen LogP contribution in [0.2, 0.25) is 0 Å². The van der Waals surface area contributed by atoms with Gasteiger partial charge < -0.3 is 25.3 Å². The molecule has 0 spiro atoms. The zero-order chi connectivity index (χ0) is 24.9. The van der Waals surface area contributed by atoms with Crippen molar-refractivity contribution in [3.8, 4) is 0 Å². The molecule has 0 heterocycles. The average Bonchev–Trinajstić information content (AvgIpc) is 2.80. The van der Waals surface area contributed by atoms with E-state index in [0.29, 0.717) is 5.75 Å². The predicted molar refractivity (Wildman–Crippen MR) is 129 cm³/mol. The maximum absolute atomic E-state index is 12.9. The highest BCUT2D eigenvalue weighted by Crippen LogP contribution is 2.07. The van der Waals surface area contributed by atoms with Crippen LogP contribution in [0, 0.1) is 0 Å². The van der Waals surface area contributed by atoms with E-state index in [9.17, 15) is 24.3 Å². The smallest absolute Gasteiger partial charge is 0.408 e. The number of carboxylic acid groups (broad SMARTS) is 1. The zero-order valence-electron chi connectivity index (χ0n) is 19.3. The Kier molecular flexibility index (Phi) is 11.1. The summed E-state index contributed by atoms with van der Waals surface area (Å²) in [6.45, 7) is 0.0205. The molecule has 0 fully saturated rings. The molecule has 34 heavy (non-hydrogen) atoms. The Balaban J connectivity index is 2.03. The number of nitrogens with one attached hydrogen (secondary N) is 2. The van der Waals surface area contributed by atoms with Crippen LogP contribution in [-0.2, 0) is 43.0 Å². The molecule has 2 amide bonds. The van der Waals surface area contributed by atoms with Crippen LogP contribution in [-0.4, -0.2) is 54.1 Å². The van der Waals surface area contributed by atoms with Crippen molar-refractivity contribution in [1.29, 1.82) is 0 Å². The van der Waals surface area contributed by atoms with Crippen molar-refractivity contribution in [3.63, 3.8) is 0 Å². The molecule has 0 saturated heterocycles. The summed E-state index contributed by atoms with van der Waals surface area (Å²) in [5, 5.41) is 16.5. The van der Waals surface area contributed by atoms with Crippen LogP contribution in [0.1, 0.15) is 24.0 Å². The van der Waals surface area contributed by atoms with Crippen molar-refractivity contribution in [3.05, 3.63) is 71.8 Å². The molecule has 0 aliphatic carbocycles. The van der Waals surface area contributed by atoms with Crippen molar-refractivity contribution in [2.24, 2.45) is 0 Å². The number of carbonyl (C=O) groups is 4. The van der Waals surface area contributed by atoms with E-state index in [1.165, 1.54) is 0 Å². The molecule has 0 aliphatic rings. The van der Waals surface area contributed by atoms with Crippen molar-refractivity contribution in [1.82, 2.24) is 10.6 Å². The van der Waals surface area contributed by atoms with E-state index in [1.54, 1.807) is 36.4 Å². The molecule has 2 aromatic carbocycles. The molecule has 2 unspecified atom stereocenters. The van der Waals surface area contributed by atoms with Gasteiger partial charge in [-0.1, -0.05) is 60.7 Å². The van der Waals surface area contributed by atoms with Crippen LogP contribution in [0.4, 0.5) is 4.79 Å². The van der Waals surface area contributed by atoms with Gasteiger partial charge in [-0.15, -0.1) is 0 Å². The molecule has 8 nitrogen and oxygen atoms in total. The van der Waals surface area contributed by atoms with Crippen LogP contribution in [0.3, 0.4) is 0 Å².